The van der Waals surface area contributed by atoms with Crippen LogP contribution in [0.4, 0.5) is 8.78 Å². The highest BCUT2D eigenvalue weighted by atomic mass is 35.5. The van der Waals surface area contributed by atoms with Crippen molar-refractivity contribution in [1.82, 2.24) is 14.8 Å². The van der Waals surface area contributed by atoms with Gasteiger partial charge in [-0.3, -0.25) is 8.78 Å². The summed E-state index contributed by atoms with van der Waals surface area (Å²) in [5, 5.41) is 14.8. The number of halogens is 3. The van der Waals surface area contributed by atoms with E-state index in [-0.39, 0.29) is 0 Å². The van der Waals surface area contributed by atoms with Crippen LogP contribution in [-0.2, 0) is 0 Å². The maximum Gasteiger partial charge on any atom is 0.219 e. The van der Waals surface area contributed by atoms with Crippen molar-refractivity contribution in [3.63, 3.8) is 0 Å². The van der Waals surface area contributed by atoms with E-state index in [1.807, 2.05) is 0 Å². The van der Waals surface area contributed by atoms with Gasteiger partial charge in [-0.15, -0.1) is 0 Å². The average Bonchev–Trinajstić information content (AvgIpc) is 3.07. The van der Waals surface area contributed by atoms with Crippen LogP contribution in [0.1, 0.15) is 13.2 Å². The van der Waals surface area contributed by atoms with Crippen LogP contribution in [0.3, 0.4) is 0 Å². The second-order valence-electron chi connectivity index (χ2n) is 5.20. The minimum Gasteiger partial charge on any atom is -0.466 e. The molecule has 2 aromatic rings. The first-order valence-electron chi connectivity index (χ1n) is 6.56. The summed E-state index contributed by atoms with van der Waals surface area (Å²) in [6.45, 7) is -0.785. The molecule has 1 aromatic heterocycles. The van der Waals surface area contributed by atoms with Gasteiger partial charge in [-0.1, -0.05) is 18.5 Å². The summed E-state index contributed by atoms with van der Waals surface area (Å²) in [5.41, 5.74) is -1.61. The molecule has 0 saturated heterocycles. The molecule has 8 heteroatoms. The number of rotatable bonds is 7. The molecule has 0 aliphatic heterocycles. The molecular weight excluding hydrogens is 316 g/mol. The minimum atomic E-state index is -1.61. The molecule has 120 valence electrons. The Hall–Kier alpha value is -1.73. The van der Waals surface area contributed by atoms with E-state index in [1.165, 1.54) is 24.3 Å². The van der Waals surface area contributed by atoms with Crippen molar-refractivity contribution in [2.24, 2.45) is 5.41 Å². The van der Waals surface area contributed by atoms with E-state index in [2.05, 4.69) is 10.1 Å². The van der Waals surface area contributed by atoms with Crippen LogP contribution in [0.25, 0.3) is 0 Å². The summed E-state index contributed by atoms with van der Waals surface area (Å²) in [5.74, 6) is 0.379. The van der Waals surface area contributed by atoms with Crippen LogP contribution in [-0.4, -0.2) is 39.3 Å². The second-order valence-corrected chi connectivity index (χ2v) is 5.64. The molecule has 0 spiro atoms. The Morgan fingerprint density at radius 2 is 1.95 bits per heavy atom. The fourth-order valence-corrected chi connectivity index (χ4v) is 1.93. The van der Waals surface area contributed by atoms with Crippen molar-refractivity contribution >= 4 is 11.6 Å². The summed E-state index contributed by atoms with van der Waals surface area (Å²) in [4.78, 5) is 3.77. The number of benzene rings is 1. The normalized spacial score (nSPS) is 14.6. The first kappa shape index (κ1) is 16.6. The molecule has 0 bridgehead atoms. The summed E-state index contributed by atoms with van der Waals surface area (Å²) >= 11 is 5.80. The molecule has 2 unspecified atom stereocenters. The number of nitrogens with zero attached hydrogens (tertiary/aromatic N) is 3. The molecule has 0 saturated carbocycles. The summed E-state index contributed by atoms with van der Waals surface area (Å²) in [6.07, 6.45) is -0.0477. The van der Waals surface area contributed by atoms with Crippen molar-refractivity contribution in [3.05, 3.63) is 41.9 Å². The first-order chi connectivity index (χ1) is 10.5. The van der Waals surface area contributed by atoms with E-state index in [0.29, 0.717) is 10.8 Å². The van der Waals surface area contributed by atoms with Crippen LogP contribution in [0, 0.1) is 5.41 Å². The Morgan fingerprint density at radius 3 is 2.45 bits per heavy atom. The lowest BCUT2D eigenvalue weighted by Crippen LogP contribution is -2.45. The molecule has 0 amide bonds. The topological polar surface area (TPSA) is 60.2 Å². The van der Waals surface area contributed by atoms with E-state index in [1.54, 1.807) is 24.3 Å². The van der Waals surface area contributed by atoms with Gasteiger partial charge >= 0.3 is 0 Å². The van der Waals surface area contributed by atoms with Gasteiger partial charge in [0.2, 0.25) is 6.23 Å². The molecule has 2 rings (SSSR count). The predicted molar refractivity (Wildman–Crippen MR) is 77.2 cm³/mol. The molecule has 0 radical (unpaired) electrons. The maximum absolute atomic E-state index is 13.2. The third-order valence-electron chi connectivity index (χ3n) is 3.36. The highest BCUT2D eigenvalue weighted by Crippen LogP contribution is 2.32. The van der Waals surface area contributed by atoms with Crippen LogP contribution >= 0.6 is 11.6 Å². The third kappa shape index (κ3) is 3.53. The minimum absolute atomic E-state index is 0.379. The van der Waals surface area contributed by atoms with Crippen molar-refractivity contribution < 1.29 is 18.6 Å². The zero-order chi connectivity index (χ0) is 16.2. The molecule has 0 fully saturated rings. The second kappa shape index (κ2) is 7.02. The van der Waals surface area contributed by atoms with Crippen molar-refractivity contribution in [2.45, 2.75) is 19.3 Å². The lowest BCUT2D eigenvalue weighted by molar-refractivity contribution is -0.0997. The zero-order valence-corrected chi connectivity index (χ0v) is 12.6. The van der Waals surface area contributed by atoms with Gasteiger partial charge in [-0.2, -0.15) is 5.10 Å². The van der Waals surface area contributed by atoms with Crippen molar-refractivity contribution in [2.75, 3.05) is 13.3 Å². The molecule has 22 heavy (non-hydrogen) atoms. The lowest BCUT2D eigenvalue weighted by Gasteiger charge is -2.34. The average molecular weight is 332 g/mol. The third-order valence-corrected chi connectivity index (χ3v) is 3.61. The first-order valence-corrected chi connectivity index (χ1v) is 6.94. The Morgan fingerprint density at radius 1 is 1.32 bits per heavy atom. The van der Waals surface area contributed by atoms with Crippen LogP contribution < -0.4 is 4.74 Å². The smallest absolute Gasteiger partial charge is 0.219 e. The lowest BCUT2D eigenvalue weighted by atomic mass is 9.86. The van der Waals surface area contributed by atoms with Gasteiger partial charge in [0.05, 0.1) is 18.8 Å². The summed E-state index contributed by atoms with van der Waals surface area (Å²) < 4.78 is 33.2. The Balaban J connectivity index is 2.29. The van der Waals surface area contributed by atoms with E-state index < -0.39 is 31.1 Å². The number of aliphatic hydroxyl groups excluding tert-OH is 1. The molecular formula is C14H16ClF2N3O2. The Labute approximate surface area is 131 Å². The van der Waals surface area contributed by atoms with Crippen LogP contribution in [0.2, 0.25) is 5.02 Å². The van der Waals surface area contributed by atoms with Crippen molar-refractivity contribution in [3.8, 4) is 5.75 Å². The molecule has 0 aliphatic carbocycles. The predicted octanol–water partition coefficient (Wildman–Crippen LogP) is 2.82. The van der Waals surface area contributed by atoms with E-state index >= 15 is 0 Å². The monoisotopic (exact) mass is 331 g/mol. The molecule has 0 aliphatic rings. The van der Waals surface area contributed by atoms with Crippen LogP contribution in [0.15, 0.2) is 36.9 Å². The fourth-order valence-electron chi connectivity index (χ4n) is 1.80. The summed E-state index contributed by atoms with van der Waals surface area (Å²) in [6, 6.07) is 6.37. The number of ether oxygens (including phenoxy) is 1. The number of alkyl halides is 2. The fraction of sp³-hybridized carbons (Fsp3) is 0.429. The number of aromatic nitrogens is 3. The van der Waals surface area contributed by atoms with E-state index in [9.17, 15) is 13.9 Å². The number of aliphatic hydroxyl groups is 1. The Kier molecular flexibility index (Phi) is 5.31. The van der Waals surface area contributed by atoms with Gasteiger partial charge < -0.3 is 9.84 Å². The molecule has 1 aromatic carbocycles. The van der Waals surface area contributed by atoms with Crippen LogP contribution in [0.5, 0.6) is 5.75 Å². The Bertz CT molecular complexity index is 576. The molecule has 1 N–H and O–H groups in total. The quantitative estimate of drug-likeness (QED) is 0.847. The van der Waals surface area contributed by atoms with Gasteiger partial charge in [-0.05, 0) is 24.3 Å². The largest absolute Gasteiger partial charge is 0.466 e. The van der Waals surface area contributed by atoms with Gasteiger partial charge in [0, 0.05) is 5.02 Å². The SMILES string of the molecule is CC(CF)(CF)C(O)C(Oc1ccc(Cl)cc1)n1cncn1. The molecule has 5 nitrogen and oxygen atoms in total. The van der Waals surface area contributed by atoms with E-state index in [4.69, 9.17) is 16.3 Å². The summed E-state index contributed by atoms with van der Waals surface area (Å²) in [7, 11) is 0. The molecule has 1 heterocycles. The van der Waals surface area contributed by atoms with Gasteiger partial charge in [0.15, 0.2) is 0 Å². The zero-order valence-electron chi connectivity index (χ0n) is 11.9. The maximum atomic E-state index is 13.2. The highest BCUT2D eigenvalue weighted by Gasteiger charge is 2.41. The number of hydrogen-bond acceptors (Lipinski definition) is 4. The highest BCUT2D eigenvalue weighted by molar-refractivity contribution is 6.30. The number of hydrogen-bond donors (Lipinski definition) is 1. The van der Waals surface area contributed by atoms with Gasteiger partial charge in [0.25, 0.3) is 0 Å². The van der Waals surface area contributed by atoms with E-state index in [0.717, 1.165) is 0 Å². The molecule has 2 atom stereocenters. The van der Waals surface area contributed by atoms with Gasteiger partial charge in [-0.25, -0.2) is 9.67 Å². The van der Waals surface area contributed by atoms with Gasteiger partial charge in [0.1, 0.15) is 24.5 Å². The standard InChI is InChI=1S/C14H16ClF2N3O2/c1-14(6-16,7-17)12(21)13(20-9-18-8-19-20)22-11-4-2-10(15)3-5-11/h2-5,8-9,12-13,21H,6-7H2,1H3. The van der Waals surface area contributed by atoms with Crippen molar-refractivity contribution in [1.29, 1.82) is 0 Å².